The fourth-order valence-electron chi connectivity index (χ4n) is 3.33. The van der Waals surface area contributed by atoms with Gasteiger partial charge in [-0.15, -0.1) is 0 Å². The molecule has 2 amide bonds. The number of amides is 2. The van der Waals surface area contributed by atoms with E-state index in [0.717, 1.165) is 5.56 Å². The van der Waals surface area contributed by atoms with Gasteiger partial charge in [0.25, 0.3) is 0 Å². The average molecular weight is 370 g/mol. The van der Waals surface area contributed by atoms with Crippen molar-refractivity contribution in [3.63, 3.8) is 0 Å². The van der Waals surface area contributed by atoms with Gasteiger partial charge in [-0.1, -0.05) is 30.3 Å². The second kappa shape index (κ2) is 7.57. The topological polar surface area (TPSA) is 95.5 Å². The molecule has 2 aromatic rings. The summed E-state index contributed by atoms with van der Waals surface area (Å²) in [5.74, 6) is -3.23. The van der Waals surface area contributed by atoms with E-state index in [4.69, 9.17) is 0 Å². The Kier molecular flexibility index (Phi) is 5.21. The molecule has 0 saturated carbocycles. The second-order valence-corrected chi connectivity index (χ2v) is 6.55. The summed E-state index contributed by atoms with van der Waals surface area (Å²) in [5.41, 5.74) is 2.32. The fourth-order valence-corrected chi connectivity index (χ4v) is 3.33. The molecule has 2 unspecified atom stereocenters. The van der Waals surface area contributed by atoms with Gasteiger partial charge in [0.2, 0.25) is 11.8 Å². The maximum atomic E-state index is 13.5. The summed E-state index contributed by atoms with van der Waals surface area (Å²) >= 11 is 0. The largest absolute Gasteiger partial charge is 0.481 e. The van der Waals surface area contributed by atoms with E-state index >= 15 is 0 Å². The molecule has 0 saturated heterocycles. The molecule has 3 N–H and O–H groups in total. The molecule has 6 nitrogen and oxygen atoms in total. The molecule has 3 rings (SSSR count). The molecule has 0 spiro atoms. The molecule has 0 aromatic heterocycles. The molecule has 2 aromatic carbocycles. The van der Waals surface area contributed by atoms with Crippen molar-refractivity contribution in [3.8, 4) is 0 Å². The molecule has 1 aliphatic rings. The second-order valence-electron chi connectivity index (χ2n) is 6.55. The first-order valence-electron chi connectivity index (χ1n) is 8.52. The van der Waals surface area contributed by atoms with Gasteiger partial charge in [-0.3, -0.25) is 14.4 Å². The van der Waals surface area contributed by atoms with E-state index in [1.807, 2.05) is 19.1 Å². The van der Waals surface area contributed by atoms with Crippen LogP contribution in [0.2, 0.25) is 0 Å². The summed E-state index contributed by atoms with van der Waals surface area (Å²) in [6, 6.07) is 10.3. The number of aryl methyl sites for hydroxylation is 1. The minimum Gasteiger partial charge on any atom is -0.481 e. The summed E-state index contributed by atoms with van der Waals surface area (Å²) in [5, 5.41) is 14.5. The Hall–Kier alpha value is -3.22. The number of carbonyl (C=O) groups excluding carboxylic acids is 2. The predicted molar refractivity (Wildman–Crippen MR) is 96.7 cm³/mol. The number of hydrogen-bond acceptors (Lipinski definition) is 3. The Morgan fingerprint density at radius 1 is 1.30 bits per heavy atom. The number of halogens is 1. The van der Waals surface area contributed by atoms with E-state index in [-0.39, 0.29) is 24.4 Å². The number of aliphatic carboxylic acids is 1. The zero-order valence-corrected chi connectivity index (χ0v) is 14.7. The number of carboxylic acids is 1. The van der Waals surface area contributed by atoms with Crippen LogP contribution in [0.1, 0.15) is 41.5 Å². The third kappa shape index (κ3) is 4.13. The highest BCUT2D eigenvalue weighted by atomic mass is 19.1. The number of carbonyl (C=O) groups is 3. The van der Waals surface area contributed by atoms with Gasteiger partial charge >= 0.3 is 5.97 Å². The average Bonchev–Trinajstić information content (AvgIpc) is 2.60. The SMILES string of the molecule is Cc1ccccc1C(CC(=O)O)NC(=O)C1CC(=O)Nc2cc(F)ccc21. The Labute approximate surface area is 155 Å². The van der Waals surface area contributed by atoms with Crippen molar-refractivity contribution in [2.24, 2.45) is 0 Å². The molecule has 0 radical (unpaired) electrons. The first-order valence-corrected chi connectivity index (χ1v) is 8.52. The molecule has 0 fully saturated rings. The van der Waals surface area contributed by atoms with Gasteiger partial charge in [-0.05, 0) is 35.7 Å². The fraction of sp³-hybridized carbons (Fsp3) is 0.250. The van der Waals surface area contributed by atoms with Gasteiger partial charge < -0.3 is 15.7 Å². The number of hydrogen-bond donors (Lipinski definition) is 3. The van der Waals surface area contributed by atoms with Crippen LogP contribution in [-0.4, -0.2) is 22.9 Å². The zero-order valence-electron chi connectivity index (χ0n) is 14.7. The Morgan fingerprint density at radius 3 is 2.74 bits per heavy atom. The van der Waals surface area contributed by atoms with Crippen molar-refractivity contribution in [1.29, 1.82) is 0 Å². The summed E-state index contributed by atoms with van der Waals surface area (Å²) in [6.45, 7) is 1.84. The van der Waals surface area contributed by atoms with Crippen LogP contribution in [0.3, 0.4) is 0 Å². The maximum absolute atomic E-state index is 13.5. The highest BCUT2D eigenvalue weighted by Crippen LogP contribution is 2.33. The summed E-state index contributed by atoms with van der Waals surface area (Å²) in [4.78, 5) is 36.1. The molecule has 140 valence electrons. The third-order valence-corrected chi connectivity index (χ3v) is 4.63. The lowest BCUT2D eigenvalue weighted by Crippen LogP contribution is -2.38. The predicted octanol–water partition coefficient (Wildman–Crippen LogP) is 2.89. The molecule has 0 bridgehead atoms. The lowest BCUT2D eigenvalue weighted by Gasteiger charge is -2.27. The molecule has 7 heteroatoms. The van der Waals surface area contributed by atoms with Gasteiger partial charge in [-0.2, -0.15) is 0 Å². The molecular weight excluding hydrogens is 351 g/mol. The summed E-state index contributed by atoms with van der Waals surface area (Å²) in [7, 11) is 0. The van der Waals surface area contributed by atoms with Gasteiger partial charge in [0.15, 0.2) is 0 Å². The van der Waals surface area contributed by atoms with Gasteiger partial charge in [0, 0.05) is 12.1 Å². The van der Waals surface area contributed by atoms with Gasteiger partial charge in [0.1, 0.15) is 5.82 Å². The van der Waals surface area contributed by atoms with Crippen molar-refractivity contribution < 1.29 is 23.9 Å². The summed E-state index contributed by atoms with van der Waals surface area (Å²) in [6.07, 6.45) is -0.371. The first-order chi connectivity index (χ1) is 12.8. The van der Waals surface area contributed by atoms with Crippen molar-refractivity contribution >= 4 is 23.5 Å². The number of nitrogens with one attached hydrogen (secondary N) is 2. The number of fused-ring (bicyclic) bond motifs is 1. The lowest BCUT2D eigenvalue weighted by molar-refractivity contribution is -0.138. The van der Waals surface area contributed by atoms with E-state index in [2.05, 4.69) is 10.6 Å². The Morgan fingerprint density at radius 2 is 2.04 bits per heavy atom. The van der Waals surface area contributed by atoms with Crippen LogP contribution in [0, 0.1) is 12.7 Å². The van der Waals surface area contributed by atoms with Crippen LogP contribution < -0.4 is 10.6 Å². The van der Waals surface area contributed by atoms with Gasteiger partial charge in [-0.25, -0.2) is 4.39 Å². The van der Waals surface area contributed by atoms with Gasteiger partial charge in [0.05, 0.1) is 18.4 Å². The highest BCUT2D eigenvalue weighted by molar-refractivity contribution is 6.01. The number of rotatable bonds is 5. The van der Waals surface area contributed by atoms with Crippen LogP contribution in [0.15, 0.2) is 42.5 Å². The normalized spacial score (nSPS) is 16.8. The third-order valence-electron chi connectivity index (χ3n) is 4.63. The molecule has 1 heterocycles. The lowest BCUT2D eigenvalue weighted by atomic mass is 9.89. The standard InChI is InChI=1S/C20H19FN2O4/c1-11-4-2-3-5-13(11)17(10-19(25)26)23-20(27)15-9-18(24)22-16-8-12(21)6-7-14(15)16/h2-8,15,17H,9-10H2,1H3,(H,22,24)(H,23,27)(H,25,26). The smallest absolute Gasteiger partial charge is 0.305 e. The maximum Gasteiger partial charge on any atom is 0.305 e. The molecule has 0 aliphatic carbocycles. The molecular formula is C20H19FN2O4. The van der Waals surface area contributed by atoms with E-state index in [0.29, 0.717) is 11.1 Å². The first kappa shape index (κ1) is 18.6. The molecule has 2 atom stereocenters. The van der Waals surface area contributed by atoms with Crippen LogP contribution in [0.5, 0.6) is 0 Å². The minimum atomic E-state index is -1.05. The number of benzene rings is 2. The quantitative estimate of drug-likeness (QED) is 0.754. The van der Waals surface area contributed by atoms with E-state index in [9.17, 15) is 23.9 Å². The number of carboxylic acid groups (broad SMARTS) is 1. The molecule has 27 heavy (non-hydrogen) atoms. The summed E-state index contributed by atoms with van der Waals surface area (Å²) < 4.78 is 13.5. The Balaban J connectivity index is 1.89. The van der Waals surface area contributed by atoms with Crippen molar-refractivity contribution in [2.45, 2.75) is 31.7 Å². The Bertz CT molecular complexity index is 913. The van der Waals surface area contributed by atoms with Crippen LogP contribution in [-0.2, 0) is 14.4 Å². The monoisotopic (exact) mass is 370 g/mol. The van der Waals surface area contributed by atoms with Crippen LogP contribution in [0.25, 0.3) is 0 Å². The van der Waals surface area contributed by atoms with E-state index < -0.39 is 29.7 Å². The minimum absolute atomic E-state index is 0.0853. The number of anilines is 1. The molecule has 1 aliphatic heterocycles. The van der Waals surface area contributed by atoms with Crippen molar-refractivity contribution in [2.75, 3.05) is 5.32 Å². The van der Waals surface area contributed by atoms with Crippen LogP contribution in [0.4, 0.5) is 10.1 Å². The van der Waals surface area contributed by atoms with E-state index in [1.54, 1.807) is 12.1 Å². The van der Waals surface area contributed by atoms with E-state index in [1.165, 1.54) is 18.2 Å². The highest BCUT2D eigenvalue weighted by Gasteiger charge is 2.32. The van der Waals surface area contributed by atoms with Crippen molar-refractivity contribution in [3.05, 3.63) is 65.0 Å². The van der Waals surface area contributed by atoms with Crippen LogP contribution >= 0.6 is 0 Å². The zero-order chi connectivity index (χ0) is 19.6. The van der Waals surface area contributed by atoms with Crippen molar-refractivity contribution in [1.82, 2.24) is 5.32 Å².